The first-order valence-electron chi connectivity index (χ1n) is 6.31. The van der Waals surface area contributed by atoms with Gasteiger partial charge in [0.1, 0.15) is 0 Å². The number of hydrogen-bond acceptors (Lipinski definition) is 3. The first kappa shape index (κ1) is 14.8. The van der Waals surface area contributed by atoms with Gasteiger partial charge in [-0.25, -0.2) is 0 Å². The van der Waals surface area contributed by atoms with Gasteiger partial charge in [0, 0.05) is 24.0 Å². The van der Waals surface area contributed by atoms with Crippen LogP contribution < -0.4 is 4.90 Å². The van der Waals surface area contributed by atoms with Crippen LogP contribution in [-0.4, -0.2) is 11.5 Å². The monoisotopic (exact) mass is 382 g/mol. The highest BCUT2D eigenvalue weighted by atomic mass is 127. The minimum absolute atomic E-state index is 0.148. The van der Waals surface area contributed by atoms with E-state index in [1.807, 2.05) is 28.7 Å². The molecule has 0 bridgehead atoms. The maximum absolute atomic E-state index is 10.9. The minimum atomic E-state index is -0.353. The number of anilines is 2. The fourth-order valence-electron chi connectivity index (χ4n) is 2.05. The van der Waals surface area contributed by atoms with Crippen LogP contribution in [0.1, 0.15) is 12.5 Å². The maximum Gasteiger partial charge on any atom is 0.282 e. The van der Waals surface area contributed by atoms with Crippen molar-refractivity contribution in [2.24, 2.45) is 0 Å². The Bertz CT molecular complexity index is 626. The number of benzene rings is 2. The van der Waals surface area contributed by atoms with E-state index < -0.39 is 0 Å². The van der Waals surface area contributed by atoms with E-state index in [9.17, 15) is 10.1 Å². The first-order valence-corrected chi connectivity index (χ1v) is 7.39. The zero-order valence-corrected chi connectivity index (χ0v) is 13.5. The summed E-state index contributed by atoms with van der Waals surface area (Å²) in [7, 11) is 0. The molecular weight excluding hydrogens is 367 g/mol. The van der Waals surface area contributed by atoms with Crippen LogP contribution in [0.15, 0.2) is 42.5 Å². The van der Waals surface area contributed by atoms with Crippen molar-refractivity contribution in [1.29, 1.82) is 0 Å². The molecule has 0 amide bonds. The summed E-state index contributed by atoms with van der Waals surface area (Å²) in [5.74, 6) is 0. The van der Waals surface area contributed by atoms with Crippen molar-refractivity contribution in [1.82, 2.24) is 0 Å². The second-order valence-corrected chi connectivity index (χ2v) is 5.63. The average molecular weight is 382 g/mol. The molecule has 0 heterocycles. The molecule has 4 nitrogen and oxygen atoms in total. The number of nitro benzene ring substituents is 1. The van der Waals surface area contributed by atoms with Crippen molar-refractivity contribution in [3.05, 3.63) is 61.7 Å². The summed E-state index contributed by atoms with van der Waals surface area (Å²) in [6.45, 7) is 4.92. The Hall–Kier alpha value is -1.63. The summed E-state index contributed by atoms with van der Waals surface area (Å²) < 4.78 is 0.649. The third-order valence-corrected chi connectivity index (χ3v) is 3.97. The van der Waals surface area contributed by atoms with Gasteiger partial charge < -0.3 is 4.90 Å². The lowest BCUT2D eigenvalue weighted by atomic mass is 10.2. The number of nitro groups is 1. The van der Waals surface area contributed by atoms with Crippen LogP contribution in [0.2, 0.25) is 0 Å². The molecule has 0 aliphatic rings. The van der Waals surface area contributed by atoms with E-state index in [2.05, 4.69) is 43.0 Å². The Kier molecular flexibility index (Phi) is 4.59. The molecule has 20 heavy (non-hydrogen) atoms. The van der Waals surface area contributed by atoms with Gasteiger partial charge in [-0.15, -0.1) is 0 Å². The molecule has 5 heteroatoms. The zero-order chi connectivity index (χ0) is 14.7. The van der Waals surface area contributed by atoms with E-state index in [1.54, 1.807) is 12.1 Å². The van der Waals surface area contributed by atoms with Crippen molar-refractivity contribution in [3.8, 4) is 0 Å². The Morgan fingerprint density at radius 3 is 2.25 bits per heavy atom. The van der Waals surface area contributed by atoms with Gasteiger partial charge in [-0.3, -0.25) is 10.1 Å². The van der Waals surface area contributed by atoms with Crippen LogP contribution in [-0.2, 0) is 0 Å². The van der Waals surface area contributed by atoms with E-state index in [-0.39, 0.29) is 10.6 Å². The third kappa shape index (κ3) is 3.09. The largest absolute Gasteiger partial charge is 0.342 e. The van der Waals surface area contributed by atoms with Crippen molar-refractivity contribution >= 4 is 39.7 Å². The number of hydrogen-bond donors (Lipinski definition) is 0. The summed E-state index contributed by atoms with van der Waals surface area (Å²) >= 11 is 2.01. The van der Waals surface area contributed by atoms with Crippen molar-refractivity contribution in [2.45, 2.75) is 13.8 Å². The van der Waals surface area contributed by atoms with Gasteiger partial charge in [-0.1, -0.05) is 17.7 Å². The Balaban J connectivity index is 2.39. The minimum Gasteiger partial charge on any atom is -0.342 e. The highest BCUT2D eigenvalue weighted by Gasteiger charge is 2.14. The Morgan fingerprint density at radius 2 is 1.75 bits per heavy atom. The average Bonchev–Trinajstić information content (AvgIpc) is 2.41. The summed E-state index contributed by atoms with van der Waals surface area (Å²) in [6.07, 6.45) is 0. The van der Waals surface area contributed by atoms with Crippen LogP contribution in [0.5, 0.6) is 0 Å². The lowest BCUT2D eigenvalue weighted by Crippen LogP contribution is -2.16. The SMILES string of the molecule is CCN(c1ccc(C)cc1)c1ccc([N+](=O)[O-])c(I)c1. The smallest absolute Gasteiger partial charge is 0.282 e. The van der Waals surface area contributed by atoms with Gasteiger partial charge in [0.25, 0.3) is 5.69 Å². The molecule has 0 spiro atoms. The van der Waals surface area contributed by atoms with E-state index in [4.69, 9.17) is 0 Å². The molecule has 0 N–H and O–H groups in total. The predicted octanol–water partition coefficient (Wildman–Crippen LogP) is 4.67. The molecule has 0 fully saturated rings. The van der Waals surface area contributed by atoms with Crippen molar-refractivity contribution in [3.63, 3.8) is 0 Å². The number of halogens is 1. The maximum atomic E-state index is 10.9. The number of nitrogens with zero attached hydrogens (tertiary/aromatic N) is 2. The third-order valence-electron chi connectivity index (χ3n) is 3.10. The molecule has 2 aromatic carbocycles. The van der Waals surface area contributed by atoms with Crippen LogP contribution >= 0.6 is 22.6 Å². The van der Waals surface area contributed by atoms with Crippen LogP contribution in [0.4, 0.5) is 17.1 Å². The van der Waals surface area contributed by atoms with Crippen LogP contribution in [0, 0.1) is 20.6 Å². The summed E-state index contributed by atoms with van der Waals surface area (Å²) in [5.41, 5.74) is 3.41. The predicted molar refractivity (Wildman–Crippen MR) is 89.7 cm³/mol. The summed E-state index contributed by atoms with van der Waals surface area (Å²) in [5, 5.41) is 10.9. The van der Waals surface area contributed by atoms with Gasteiger partial charge in [0.2, 0.25) is 0 Å². The van der Waals surface area contributed by atoms with E-state index in [1.165, 1.54) is 5.56 Å². The molecular formula is C15H15IN2O2. The fourth-order valence-corrected chi connectivity index (χ4v) is 2.75. The molecule has 0 unspecified atom stereocenters. The first-order chi connectivity index (χ1) is 9.52. The molecule has 2 aromatic rings. The number of aryl methyl sites for hydroxylation is 1. The second-order valence-electron chi connectivity index (χ2n) is 4.47. The molecule has 0 atom stereocenters. The molecule has 0 aromatic heterocycles. The van der Waals surface area contributed by atoms with Crippen LogP contribution in [0.25, 0.3) is 0 Å². The second kappa shape index (κ2) is 6.21. The molecule has 0 aliphatic carbocycles. The Labute approximate surface area is 131 Å². The van der Waals surface area contributed by atoms with Gasteiger partial charge >= 0.3 is 0 Å². The highest BCUT2D eigenvalue weighted by Crippen LogP contribution is 2.30. The van der Waals surface area contributed by atoms with Gasteiger partial charge in [0.05, 0.1) is 8.49 Å². The molecule has 0 aliphatic heterocycles. The zero-order valence-electron chi connectivity index (χ0n) is 11.3. The van der Waals surface area contributed by atoms with E-state index in [0.717, 1.165) is 17.9 Å². The summed E-state index contributed by atoms with van der Waals surface area (Å²) in [6, 6.07) is 13.5. The fraction of sp³-hybridized carbons (Fsp3) is 0.200. The Morgan fingerprint density at radius 1 is 1.15 bits per heavy atom. The lowest BCUT2D eigenvalue weighted by molar-refractivity contribution is -0.385. The molecule has 2 rings (SSSR count). The van der Waals surface area contributed by atoms with Crippen LogP contribution in [0.3, 0.4) is 0 Å². The van der Waals surface area contributed by atoms with E-state index in [0.29, 0.717) is 3.57 Å². The van der Waals surface area contributed by atoms with Gasteiger partial charge in [-0.05, 0) is 60.7 Å². The topological polar surface area (TPSA) is 46.4 Å². The standard InChI is InChI=1S/C15H15IN2O2/c1-3-17(12-6-4-11(2)5-7-12)13-8-9-15(18(19)20)14(16)10-13/h4-10H,3H2,1-2H3. The molecule has 0 saturated heterocycles. The van der Waals surface area contributed by atoms with Gasteiger partial charge in [-0.2, -0.15) is 0 Å². The molecule has 104 valence electrons. The lowest BCUT2D eigenvalue weighted by Gasteiger charge is -2.23. The molecule has 0 radical (unpaired) electrons. The summed E-state index contributed by atoms with van der Waals surface area (Å²) in [4.78, 5) is 12.6. The number of rotatable bonds is 4. The van der Waals surface area contributed by atoms with Crippen molar-refractivity contribution < 1.29 is 4.92 Å². The quantitative estimate of drug-likeness (QED) is 0.439. The highest BCUT2D eigenvalue weighted by molar-refractivity contribution is 14.1. The van der Waals surface area contributed by atoms with Gasteiger partial charge in [0.15, 0.2) is 0 Å². The normalized spacial score (nSPS) is 10.3. The van der Waals surface area contributed by atoms with E-state index >= 15 is 0 Å². The van der Waals surface area contributed by atoms with Crippen molar-refractivity contribution in [2.75, 3.05) is 11.4 Å². The molecule has 0 saturated carbocycles.